The zero-order chi connectivity index (χ0) is 5.54. The third-order valence-corrected chi connectivity index (χ3v) is 1.01. The lowest BCUT2D eigenvalue weighted by Gasteiger charge is -1.90. The molecule has 0 rings (SSSR count). The van der Waals surface area contributed by atoms with E-state index in [2.05, 4.69) is 6.92 Å². The molecule has 0 aromatic heterocycles. The second-order valence-corrected chi connectivity index (χ2v) is 1.78. The molecule has 0 bridgehead atoms. The minimum atomic E-state index is 0. The van der Waals surface area contributed by atoms with E-state index in [9.17, 15) is 0 Å². The lowest BCUT2D eigenvalue weighted by molar-refractivity contribution is 0.283. The van der Waals surface area contributed by atoms with Crippen molar-refractivity contribution in [2.75, 3.05) is 6.61 Å². The van der Waals surface area contributed by atoms with Gasteiger partial charge < -0.3 is 5.11 Å². The molecule has 0 aromatic carbocycles. The predicted octanol–water partition coefficient (Wildman–Crippen LogP) is 1.98. The summed E-state index contributed by atoms with van der Waals surface area (Å²) in [5.41, 5.74) is 0. The number of aliphatic hydroxyl groups excluding tert-OH is 1. The van der Waals surface area contributed by atoms with Crippen LogP contribution in [0, 0.1) is 0 Å². The molecule has 0 saturated heterocycles. The fourth-order valence-corrected chi connectivity index (χ4v) is 0.539. The molecular weight excluding hydrogens is 124 g/mol. The molecular formula is C6H15ClO. The highest BCUT2D eigenvalue weighted by molar-refractivity contribution is 5.85. The van der Waals surface area contributed by atoms with Crippen LogP contribution >= 0.6 is 12.4 Å². The molecule has 0 atom stereocenters. The molecule has 0 fully saturated rings. The Balaban J connectivity index is 0. The summed E-state index contributed by atoms with van der Waals surface area (Å²) in [4.78, 5) is 0. The summed E-state index contributed by atoms with van der Waals surface area (Å²) in [5, 5.41) is 8.29. The van der Waals surface area contributed by atoms with Gasteiger partial charge in [-0.05, 0) is 6.42 Å². The molecule has 52 valence electrons. The predicted molar refractivity (Wildman–Crippen MR) is 38.5 cm³/mol. The van der Waals surface area contributed by atoms with Gasteiger partial charge >= 0.3 is 0 Å². The molecule has 8 heavy (non-hydrogen) atoms. The quantitative estimate of drug-likeness (QED) is 0.589. The second-order valence-electron chi connectivity index (χ2n) is 1.78. The molecule has 0 saturated carbocycles. The Hall–Kier alpha value is 0.250. The van der Waals surface area contributed by atoms with Crippen LogP contribution in [0.5, 0.6) is 0 Å². The average Bonchev–Trinajstić information content (AvgIpc) is 1.69. The summed E-state index contributed by atoms with van der Waals surface area (Å²) in [6.07, 6.45) is 4.68. The van der Waals surface area contributed by atoms with Crippen molar-refractivity contribution in [1.29, 1.82) is 0 Å². The van der Waals surface area contributed by atoms with E-state index in [-0.39, 0.29) is 12.4 Å². The molecule has 1 N–H and O–H groups in total. The molecule has 0 aliphatic rings. The summed E-state index contributed by atoms with van der Waals surface area (Å²) < 4.78 is 0. The highest BCUT2D eigenvalue weighted by atomic mass is 35.5. The lowest BCUT2D eigenvalue weighted by Crippen LogP contribution is -1.80. The molecule has 1 nitrogen and oxygen atoms in total. The van der Waals surface area contributed by atoms with E-state index in [0.29, 0.717) is 6.61 Å². The third kappa shape index (κ3) is 9.54. The fourth-order valence-electron chi connectivity index (χ4n) is 0.539. The van der Waals surface area contributed by atoms with Crippen LogP contribution in [0.1, 0.15) is 32.6 Å². The van der Waals surface area contributed by atoms with Crippen LogP contribution in [0.4, 0.5) is 0 Å². The van der Waals surface area contributed by atoms with Crippen LogP contribution in [-0.2, 0) is 0 Å². The molecule has 0 heterocycles. The van der Waals surface area contributed by atoms with E-state index in [1.807, 2.05) is 0 Å². The van der Waals surface area contributed by atoms with Gasteiger partial charge in [0.15, 0.2) is 0 Å². The third-order valence-electron chi connectivity index (χ3n) is 1.01. The van der Waals surface area contributed by atoms with Gasteiger partial charge in [-0.2, -0.15) is 0 Å². The number of unbranched alkanes of at least 4 members (excludes halogenated alkanes) is 3. The van der Waals surface area contributed by atoms with Gasteiger partial charge in [0.2, 0.25) is 0 Å². The maximum atomic E-state index is 8.29. The second kappa shape index (κ2) is 10.3. The minimum absolute atomic E-state index is 0. The van der Waals surface area contributed by atoms with E-state index in [4.69, 9.17) is 5.11 Å². The van der Waals surface area contributed by atoms with Gasteiger partial charge in [0.25, 0.3) is 0 Å². The number of hydrogen-bond donors (Lipinski definition) is 1. The lowest BCUT2D eigenvalue weighted by atomic mass is 10.2. The number of halogens is 1. The van der Waals surface area contributed by atoms with Gasteiger partial charge in [0, 0.05) is 6.61 Å². The number of aliphatic hydroxyl groups is 1. The van der Waals surface area contributed by atoms with Gasteiger partial charge in [-0.1, -0.05) is 26.2 Å². The van der Waals surface area contributed by atoms with E-state index < -0.39 is 0 Å². The monoisotopic (exact) mass is 138 g/mol. The van der Waals surface area contributed by atoms with Gasteiger partial charge in [0.1, 0.15) is 0 Å². The Morgan fingerprint density at radius 2 is 1.75 bits per heavy atom. The number of rotatable bonds is 4. The van der Waals surface area contributed by atoms with Gasteiger partial charge in [0.05, 0.1) is 0 Å². The van der Waals surface area contributed by atoms with Crippen molar-refractivity contribution < 1.29 is 5.11 Å². The Morgan fingerprint density at radius 3 is 2.12 bits per heavy atom. The van der Waals surface area contributed by atoms with E-state index >= 15 is 0 Å². The molecule has 0 aromatic rings. The van der Waals surface area contributed by atoms with Gasteiger partial charge in [-0.3, -0.25) is 0 Å². The van der Waals surface area contributed by atoms with Crippen LogP contribution < -0.4 is 0 Å². The first-order chi connectivity index (χ1) is 3.41. The Kier molecular flexibility index (Phi) is 14.3. The van der Waals surface area contributed by atoms with Crippen molar-refractivity contribution in [2.45, 2.75) is 32.6 Å². The van der Waals surface area contributed by atoms with E-state index in [1.165, 1.54) is 19.3 Å². The Bertz CT molecular complexity index is 27.7. The topological polar surface area (TPSA) is 20.2 Å². The molecule has 0 unspecified atom stereocenters. The molecule has 0 radical (unpaired) electrons. The molecule has 2 heteroatoms. The van der Waals surface area contributed by atoms with E-state index in [0.717, 1.165) is 6.42 Å². The first kappa shape index (κ1) is 11.1. The smallest absolute Gasteiger partial charge is 0.0431 e. The van der Waals surface area contributed by atoms with Crippen LogP contribution in [0.25, 0.3) is 0 Å². The molecule has 0 spiro atoms. The maximum absolute atomic E-state index is 8.29. The molecule has 0 aliphatic heterocycles. The Morgan fingerprint density at radius 1 is 1.12 bits per heavy atom. The van der Waals surface area contributed by atoms with Crippen molar-refractivity contribution in [3.05, 3.63) is 0 Å². The normalized spacial score (nSPS) is 8.25. The first-order valence-corrected chi connectivity index (χ1v) is 3.02. The maximum Gasteiger partial charge on any atom is 0.0431 e. The highest BCUT2D eigenvalue weighted by Gasteiger charge is 1.80. The first-order valence-electron chi connectivity index (χ1n) is 3.02. The van der Waals surface area contributed by atoms with Crippen LogP contribution in [0.15, 0.2) is 0 Å². The van der Waals surface area contributed by atoms with Crippen molar-refractivity contribution in [2.24, 2.45) is 0 Å². The van der Waals surface area contributed by atoms with E-state index in [1.54, 1.807) is 0 Å². The van der Waals surface area contributed by atoms with Crippen LogP contribution in [0.2, 0.25) is 0 Å². The largest absolute Gasteiger partial charge is 0.396 e. The van der Waals surface area contributed by atoms with Crippen molar-refractivity contribution in [1.82, 2.24) is 0 Å². The zero-order valence-corrected chi connectivity index (χ0v) is 6.21. The number of hydrogen-bond acceptors (Lipinski definition) is 1. The van der Waals surface area contributed by atoms with Crippen LogP contribution in [0.3, 0.4) is 0 Å². The summed E-state index contributed by atoms with van der Waals surface area (Å²) >= 11 is 0. The summed E-state index contributed by atoms with van der Waals surface area (Å²) in [6, 6.07) is 0. The Labute approximate surface area is 57.5 Å². The highest BCUT2D eigenvalue weighted by Crippen LogP contribution is 1.95. The molecule has 0 aliphatic carbocycles. The zero-order valence-electron chi connectivity index (χ0n) is 5.39. The van der Waals surface area contributed by atoms with Crippen LogP contribution in [-0.4, -0.2) is 11.7 Å². The standard InChI is InChI=1S/C6H14O.ClH/c1-2-3-4-5-6-7;/h7H,2-6H2,1H3;1H. The average molecular weight is 139 g/mol. The van der Waals surface area contributed by atoms with Crippen molar-refractivity contribution in [3.8, 4) is 0 Å². The van der Waals surface area contributed by atoms with Crippen molar-refractivity contribution in [3.63, 3.8) is 0 Å². The summed E-state index contributed by atoms with van der Waals surface area (Å²) in [5.74, 6) is 0. The summed E-state index contributed by atoms with van der Waals surface area (Å²) in [7, 11) is 0. The van der Waals surface area contributed by atoms with Gasteiger partial charge in [-0.25, -0.2) is 0 Å². The fraction of sp³-hybridized carbons (Fsp3) is 1.00. The molecule has 0 amide bonds. The SMILES string of the molecule is CCCCCCO.Cl. The minimum Gasteiger partial charge on any atom is -0.396 e. The van der Waals surface area contributed by atoms with Crippen molar-refractivity contribution >= 4 is 12.4 Å². The summed E-state index contributed by atoms with van der Waals surface area (Å²) in [6.45, 7) is 2.53. The van der Waals surface area contributed by atoms with Gasteiger partial charge in [-0.15, -0.1) is 12.4 Å².